The van der Waals surface area contributed by atoms with Gasteiger partial charge in [0.05, 0.1) is 0 Å². The van der Waals surface area contributed by atoms with Crippen LogP contribution in [0.3, 0.4) is 0 Å². The van der Waals surface area contributed by atoms with Gasteiger partial charge in [-0.3, -0.25) is 0 Å². The van der Waals surface area contributed by atoms with Crippen LogP contribution in [-0.4, -0.2) is 19.9 Å². The largest absolute Gasteiger partial charge is 0.253 e. The molecule has 0 unspecified atom stereocenters. The molecule has 0 saturated heterocycles. The lowest BCUT2D eigenvalue weighted by Gasteiger charge is -1.95. The minimum Gasteiger partial charge on any atom is -0.206 e. The molecule has 0 heterocycles. The van der Waals surface area contributed by atoms with Gasteiger partial charge in [0.25, 0.3) is 7.90 Å². The van der Waals surface area contributed by atoms with E-state index >= 15 is 0 Å². The minimum atomic E-state index is -2.85. The molecule has 0 amide bonds. The molecular formula is C4H10O2S3. The van der Waals surface area contributed by atoms with E-state index in [0.717, 1.165) is 21.6 Å². The molecule has 0 aliphatic carbocycles. The lowest BCUT2D eigenvalue weighted by atomic mass is 11.0. The Morgan fingerprint density at radius 2 is 1.44 bits per heavy atom. The van der Waals surface area contributed by atoms with Crippen LogP contribution in [0.15, 0.2) is 0 Å². The van der Waals surface area contributed by atoms with E-state index in [-0.39, 0.29) is 0 Å². The standard InChI is InChI=1S/C4H10O2S3/c1-3-7-9(5,6)8-4-2/h3-4H2,1-2H3. The van der Waals surface area contributed by atoms with Crippen molar-refractivity contribution in [3.05, 3.63) is 0 Å². The van der Waals surface area contributed by atoms with Crippen LogP contribution < -0.4 is 0 Å². The van der Waals surface area contributed by atoms with Crippen LogP contribution in [0, 0.1) is 0 Å². The van der Waals surface area contributed by atoms with Gasteiger partial charge < -0.3 is 0 Å². The first-order valence-corrected chi connectivity index (χ1v) is 7.15. The Bertz CT molecular complexity index is 137. The highest BCUT2D eigenvalue weighted by atomic mass is 33.5. The van der Waals surface area contributed by atoms with Crippen LogP contribution in [0.25, 0.3) is 0 Å². The van der Waals surface area contributed by atoms with Crippen molar-refractivity contribution in [3.8, 4) is 0 Å². The van der Waals surface area contributed by atoms with E-state index in [4.69, 9.17) is 0 Å². The summed E-state index contributed by atoms with van der Waals surface area (Å²) in [6.07, 6.45) is 0. The predicted molar refractivity (Wildman–Crippen MR) is 45.2 cm³/mol. The van der Waals surface area contributed by atoms with Crippen molar-refractivity contribution in [2.45, 2.75) is 13.8 Å². The molecular weight excluding hydrogens is 176 g/mol. The van der Waals surface area contributed by atoms with Crippen LogP contribution in [0.4, 0.5) is 0 Å². The highest BCUT2D eigenvalue weighted by Gasteiger charge is 2.07. The zero-order valence-corrected chi connectivity index (χ0v) is 7.90. The second-order valence-corrected chi connectivity index (χ2v) is 8.34. The maximum absolute atomic E-state index is 10.8. The topological polar surface area (TPSA) is 34.1 Å². The highest BCUT2D eigenvalue weighted by Crippen LogP contribution is 2.24. The van der Waals surface area contributed by atoms with E-state index in [1.807, 2.05) is 13.8 Å². The van der Waals surface area contributed by atoms with Crippen LogP contribution in [0.1, 0.15) is 13.8 Å². The van der Waals surface area contributed by atoms with Crippen molar-refractivity contribution >= 4 is 29.5 Å². The van der Waals surface area contributed by atoms with E-state index in [9.17, 15) is 8.42 Å². The van der Waals surface area contributed by atoms with Gasteiger partial charge in [0.1, 0.15) is 0 Å². The maximum Gasteiger partial charge on any atom is 0.253 e. The summed E-state index contributed by atoms with van der Waals surface area (Å²) in [7, 11) is -0.862. The van der Waals surface area contributed by atoms with Gasteiger partial charge in [-0.05, 0) is 21.6 Å². The first-order valence-electron chi connectivity index (χ1n) is 2.66. The summed E-state index contributed by atoms with van der Waals surface area (Å²) >= 11 is 0. The normalized spacial score (nSPS) is 11.8. The van der Waals surface area contributed by atoms with Crippen LogP contribution in [0.2, 0.25) is 0 Å². The van der Waals surface area contributed by atoms with Crippen molar-refractivity contribution in [2.75, 3.05) is 11.5 Å². The molecule has 0 radical (unpaired) electrons. The molecule has 0 aliphatic heterocycles. The molecule has 0 bridgehead atoms. The molecule has 0 aromatic heterocycles. The monoisotopic (exact) mass is 186 g/mol. The van der Waals surface area contributed by atoms with Gasteiger partial charge in [0, 0.05) is 11.5 Å². The minimum absolute atomic E-state index is 0.634. The average Bonchev–Trinajstić information content (AvgIpc) is 1.64. The predicted octanol–water partition coefficient (Wildman–Crippen LogP) is 1.74. The molecule has 2 nitrogen and oxygen atoms in total. The van der Waals surface area contributed by atoms with Crippen molar-refractivity contribution in [1.82, 2.24) is 0 Å². The van der Waals surface area contributed by atoms with Gasteiger partial charge in [-0.25, -0.2) is 8.42 Å². The summed E-state index contributed by atoms with van der Waals surface area (Å²) in [6.45, 7) is 3.66. The van der Waals surface area contributed by atoms with Gasteiger partial charge in [0.2, 0.25) is 0 Å². The fourth-order valence-corrected chi connectivity index (χ4v) is 5.25. The lowest BCUT2D eigenvalue weighted by molar-refractivity contribution is 0.623. The summed E-state index contributed by atoms with van der Waals surface area (Å²) in [6, 6.07) is 0. The molecule has 0 aliphatic rings. The Labute approximate surface area is 63.5 Å². The third-order valence-electron chi connectivity index (χ3n) is 0.524. The third kappa shape index (κ3) is 5.11. The van der Waals surface area contributed by atoms with Crippen molar-refractivity contribution in [2.24, 2.45) is 0 Å². The molecule has 0 aromatic carbocycles. The summed E-state index contributed by atoms with van der Waals surface area (Å²) in [5.74, 6) is 1.27. The average molecular weight is 186 g/mol. The third-order valence-corrected chi connectivity index (χ3v) is 6.45. The molecule has 9 heavy (non-hydrogen) atoms. The second-order valence-electron chi connectivity index (χ2n) is 1.22. The molecule has 0 spiro atoms. The van der Waals surface area contributed by atoms with Crippen LogP contribution in [-0.2, 0) is 7.90 Å². The molecule has 0 atom stereocenters. The van der Waals surface area contributed by atoms with Gasteiger partial charge in [-0.1, -0.05) is 13.8 Å². The van der Waals surface area contributed by atoms with Gasteiger partial charge >= 0.3 is 0 Å². The van der Waals surface area contributed by atoms with E-state index < -0.39 is 7.90 Å². The summed E-state index contributed by atoms with van der Waals surface area (Å²) in [5, 5.41) is 0. The first-order chi connectivity index (χ1) is 4.12. The quantitative estimate of drug-likeness (QED) is 0.626. The molecule has 5 heteroatoms. The summed E-state index contributed by atoms with van der Waals surface area (Å²) in [4.78, 5) is 0. The first kappa shape index (κ1) is 9.65. The van der Waals surface area contributed by atoms with Crippen LogP contribution in [0.5, 0.6) is 0 Å². The lowest BCUT2D eigenvalue weighted by Crippen LogP contribution is -1.86. The van der Waals surface area contributed by atoms with Crippen molar-refractivity contribution in [1.29, 1.82) is 0 Å². The smallest absolute Gasteiger partial charge is 0.206 e. The Morgan fingerprint density at radius 3 is 1.67 bits per heavy atom. The molecule has 0 N–H and O–H groups in total. The van der Waals surface area contributed by atoms with E-state index in [1.54, 1.807) is 0 Å². The number of hydrogen-bond donors (Lipinski definition) is 0. The van der Waals surface area contributed by atoms with E-state index in [1.165, 1.54) is 0 Å². The second kappa shape index (κ2) is 4.46. The Balaban J connectivity index is 3.73. The number of rotatable bonds is 4. The Hall–Kier alpha value is 0.650. The summed E-state index contributed by atoms with van der Waals surface area (Å²) < 4.78 is 21.5. The zero-order chi connectivity index (χ0) is 7.33. The van der Waals surface area contributed by atoms with Gasteiger partial charge in [0.15, 0.2) is 0 Å². The molecule has 0 aromatic rings. The van der Waals surface area contributed by atoms with E-state index in [2.05, 4.69) is 0 Å². The van der Waals surface area contributed by atoms with Crippen molar-refractivity contribution < 1.29 is 8.42 Å². The zero-order valence-electron chi connectivity index (χ0n) is 5.46. The van der Waals surface area contributed by atoms with Gasteiger partial charge in [-0.15, -0.1) is 0 Å². The molecule has 0 fully saturated rings. The van der Waals surface area contributed by atoms with Gasteiger partial charge in [-0.2, -0.15) is 0 Å². The van der Waals surface area contributed by atoms with Crippen molar-refractivity contribution in [3.63, 3.8) is 0 Å². The molecule has 0 rings (SSSR count). The fraction of sp³-hybridized carbons (Fsp3) is 1.00. The fourth-order valence-electron chi connectivity index (χ4n) is 0.323. The highest BCUT2D eigenvalue weighted by molar-refractivity contribution is 9.04. The molecule has 56 valence electrons. The van der Waals surface area contributed by atoms with Crippen LogP contribution >= 0.6 is 21.6 Å². The molecule has 0 saturated carbocycles. The summed E-state index contributed by atoms with van der Waals surface area (Å²) in [5.41, 5.74) is 0. The number of hydrogen-bond acceptors (Lipinski definition) is 4. The van der Waals surface area contributed by atoms with E-state index in [0.29, 0.717) is 11.5 Å². The Morgan fingerprint density at radius 1 is 1.11 bits per heavy atom. The maximum atomic E-state index is 10.8. The SMILES string of the molecule is CCSS(=O)(=O)SCC. The Kier molecular flexibility index (Phi) is 4.79.